The Morgan fingerprint density at radius 3 is 1.87 bits per heavy atom. The van der Waals surface area contributed by atoms with Gasteiger partial charge in [-0.05, 0) is 38.5 Å². The smallest absolute Gasteiger partial charge is 0.303 e. The minimum Gasteiger partial charge on any atom is -0.465 e. The van der Waals surface area contributed by atoms with Crippen molar-refractivity contribution < 1.29 is 33.4 Å². The molecule has 0 aromatic carbocycles. The molecule has 1 N–H and O–H groups in total. The van der Waals surface area contributed by atoms with Gasteiger partial charge < -0.3 is 24.6 Å². The van der Waals surface area contributed by atoms with Crippen molar-refractivity contribution in [3.63, 3.8) is 0 Å². The molecule has 1 rings (SSSR count). The van der Waals surface area contributed by atoms with Crippen molar-refractivity contribution in [1.29, 1.82) is 0 Å². The zero-order valence-corrected chi connectivity index (χ0v) is 30.4. The molecule has 0 saturated carbocycles. The van der Waals surface area contributed by atoms with Gasteiger partial charge in [-0.1, -0.05) is 91.2 Å². The molecule has 270 valence electrons. The monoisotopic (exact) mass is 663 g/mol. The first-order chi connectivity index (χ1) is 22.4. The molecule has 3 amide bonds. The van der Waals surface area contributed by atoms with Gasteiger partial charge in [-0.2, -0.15) is 0 Å². The van der Waals surface area contributed by atoms with E-state index in [1.807, 2.05) is 4.90 Å². The summed E-state index contributed by atoms with van der Waals surface area (Å²) < 4.78 is 10.3. The van der Waals surface area contributed by atoms with Crippen molar-refractivity contribution in [2.75, 3.05) is 39.3 Å². The Bertz CT molecular complexity index is 973. The average molecular weight is 664 g/mol. The maximum absolute atomic E-state index is 13.2. The van der Waals surface area contributed by atoms with Gasteiger partial charge in [0.25, 0.3) is 5.91 Å². The normalized spacial score (nSPS) is 14.9. The van der Waals surface area contributed by atoms with Crippen LogP contribution in [0.1, 0.15) is 138 Å². The molecule has 1 aliphatic heterocycles. The summed E-state index contributed by atoms with van der Waals surface area (Å²) in [6.07, 6.45) is 20.3. The summed E-state index contributed by atoms with van der Waals surface area (Å²) >= 11 is 0. The Labute approximate surface area is 284 Å². The SMILES string of the molecule is CCCCCCCCC=CCCCCCCC(CC)C(=O)N1CCN(C(=O)CCNC(=O)C(OC(C)=O)C(C)(C)COC(C)=O)CC1. The first-order valence-corrected chi connectivity index (χ1v) is 18.2. The van der Waals surface area contributed by atoms with Crippen LogP contribution in [0.4, 0.5) is 0 Å². The summed E-state index contributed by atoms with van der Waals surface area (Å²) in [7, 11) is 0. The quantitative estimate of drug-likeness (QED) is 0.0725. The molecular formula is C37H65N3O7. The molecule has 0 bridgehead atoms. The van der Waals surface area contributed by atoms with E-state index >= 15 is 0 Å². The highest BCUT2D eigenvalue weighted by Gasteiger charge is 2.39. The van der Waals surface area contributed by atoms with Crippen LogP contribution in [0, 0.1) is 11.3 Å². The third kappa shape index (κ3) is 18.3. The lowest BCUT2D eigenvalue weighted by Gasteiger charge is -2.36. The number of hydrogen-bond donors (Lipinski definition) is 1. The number of nitrogens with one attached hydrogen (secondary N) is 1. The molecular weight excluding hydrogens is 598 g/mol. The van der Waals surface area contributed by atoms with E-state index in [4.69, 9.17) is 9.47 Å². The van der Waals surface area contributed by atoms with Crippen LogP contribution in [0.15, 0.2) is 12.2 Å². The summed E-state index contributed by atoms with van der Waals surface area (Å²) in [5.74, 6) is -1.57. The van der Waals surface area contributed by atoms with Gasteiger partial charge in [0, 0.05) is 64.3 Å². The van der Waals surface area contributed by atoms with E-state index in [0.717, 1.165) is 32.1 Å². The average Bonchev–Trinajstić information content (AvgIpc) is 3.04. The van der Waals surface area contributed by atoms with E-state index in [9.17, 15) is 24.0 Å². The number of ether oxygens (including phenoxy) is 2. The molecule has 0 spiro atoms. The van der Waals surface area contributed by atoms with Crippen molar-refractivity contribution in [3.8, 4) is 0 Å². The predicted molar refractivity (Wildman–Crippen MR) is 185 cm³/mol. The van der Waals surface area contributed by atoms with E-state index in [0.29, 0.717) is 26.2 Å². The predicted octanol–water partition coefficient (Wildman–Crippen LogP) is 6.36. The fourth-order valence-electron chi connectivity index (χ4n) is 5.86. The number of piperazine rings is 1. The fourth-order valence-corrected chi connectivity index (χ4v) is 5.86. The lowest BCUT2D eigenvalue weighted by molar-refractivity contribution is -0.166. The zero-order valence-electron chi connectivity index (χ0n) is 30.4. The summed E-state index contributed by atoms with van der Waals surface area (Å²) in [5, 5.41) is 2.68. The minimum atomic E-state index is -1.18. The van der Waals surface area contributed by atoms with Crippen molar-refractivity contribution >= 4 is 29.7 Å². The highest BCUT2D eigenvalue weighted by molar-refractivity contribution is 5.85. The number of rotatable bonds is 24. The molecule has 0 aliphatic carbocycles. The molecule has 10 heteroatoms. The van der Waals surface area contributed by atoms with Gasteiger partial charge in [0.15, 0.2) is 6.10 Å². The van der Waals surface area contributed by atoms with Crippen LogP contribution in [-0.2, 0) is 33.4 Å². The number of carbonyl (C=O) groups is 5. The number of carbonyl (C=O) groups excluding carboxylic acids is 5. The molecule has 0 radical (unpaired) electrons. The van der Waals surface area contributed by atoms with Gasteiger partial charge in [-0.15, -0.1) is 0 Å². The number of esters is 2. The van der Waals surface area contributed by atoms with E-state index in [-0.39, 0.29) is 37.3 Å². The lowest BCUT2D eigenvalue weighted by atomic mass is 9.86. The van der Waals surface area contributed by atoms with Gasteiger partial charge in [0.1, 0.15) is 6.61 Å². The third-order valence-electron chi connectivity index (χ3n) is 8.87. The maximum atomic E-state index is 13.2. The molecule has 0 aromatic heterocycles. The Kier molecular flexibility index (Phi) is 21.7. The molecule has 2 unspecified atom stereocenters. The van der Waals surface area contributed by atoms with Crippen LogP contribution in [0.25, 0.3) is 0 Å². The van der Waals surface area contributed by atoms with Crippen LogP contribution in [0.2, 0.25) is 0 Å². The zero-order chi connectivity index (χ0) is 35.1. The third-order valence-corrected chi connectivity index (χ3v) is 8.87. The Balaban J connectivity index is 2.32. The van der Waals surface area contributed by atoms with Crippen LogP contribution < -0.4 is 5.32 Å². The van der Waals surface area contributed by atoms with Crippen molar-refractivity contribution in [3.05, 3.63) is 12.2 Å². The molecule has 1 heterocycles. The Morgan fingerprint density at radius 1 is 0.766 bits per heavy atom. The second-order valence-electron chi connectivity index (χ2n) is 13.6. The van der Waals surface area contributed by atoms with Crippen LogP contribution >= 0.6 is 0 Å². The van der Waals surface area contributed by atoms with Gasteiger partial charge >= 0.3 is 11.9 Å². The molecule has 1 fully saturated rings. The summed E-state index contributed by atoms with van der Waals surface area (Å²) in [6, 6.07) is 0. The van der Waals surface area contributed by atoms with E-state index in [1.54, 1.807) is 18.7 Å². The van der Waals surface area contributed by atoms with Gasteiger partial charge in [0.2, 0.25) is 11.8 Å². The van der Waals surface area contributed by atoms with Crippen molar-refractivity contribution in [1.82, 2.24) is 15.1 Å². The summed E-state index contributed by atoms with van der Waals surface area (Å²) in [4.78, 5) is 65.4. The first kappa shape index (κ1) is 42.1. The molecule has 1 saturated heterocycles. The first-order valence-electron chi connectivity index (χ1n) is 18.2. The second-order valence-corrected chi connectivity index (χ2v) is 13.6. The lowest BCUT2D eigenvalue weighted by Crippen LogP contribution is -2.52. The number of hydrogen-bond acceptors (Lipinski definition) is 7. The van der Waals surface area contributed by atoms with Crippen LogP contribution in [0.5, 0.6) is 0 Å². The maximum Gasteiger partial charge on any atom is 0.303 e. The standard InChI is InChI=1S/C37H65N3O7/c1-7-9-10-11-12-13-14-15-16-17-18-19-20-21-22-32(8-2)36(45)40-27-25-39(26-28-40)33(43)23-24-38-35(44)34(47-31(4)42)37(5,6)29-46-30(3)41/h15-16,32,34H,7-14,17-29H2,1-6H3,(H,38,44). The van der Waals surface area contributed by atoms with E-state index in [2.05, 4.69) is 31.3 Å². The second kappa shape index (κ2) is 24.3. The number of allylic oxidation sites excluding steroid dienone is 2. The highest BCUT2D eigenvalue weighted by atomic mass is 16.6. The summed E-state index contributed by atoms with van der Waals surface area (Å²) in [5.41, 5.74) is -0.964. The Hall–Kier alpha value is -2.91. The number of nitrogens with zero attached hydrogens (tertiary/aromatic N) is 2. The summed E-state index contributed by atoms with van der Waals surface area (Å²) in [6.45, 7) is 12.0. The fraction of sp³-hybridized carbons (Fsp3) is 0.811. The number of unbranched alkanes of at least 4 members (excludes halogenated alkanes) is 10. The molecule has 10 nitrogen and oxygen atoms in total. The minimum absolute atomic E-state index is 0.0277. The number of amides is 3. The van der Waals surface area contributed by atoms with Crippen molar-refractivity contribution in [2.45, 2.75) is 144 Å². The largest absolute Gasteiger partial charge is 0.465 e. The van der Waals surface area contributed by atoms with Crippen LogP contribution in [0.3, 0.4) is 0 Å². The van der Waals surface area contributed by atoms with Crippen molar-refractivity contribution in [2.24, 2.45) is 11.3 Å². The van der Waals surface area contributed by atoms with Gasteiger partial charge in [-0.3, -0.25) is 24.0 Å². The van der Waals surface area contributed by atoms with E-state index in [1.165, 1.54) is 71.6 Å². The van der Waals surface area contributed by atoms with Gasteiger partial charge in [0.05, 0.1) is 0 Å². The van der Waals surface area contributed by atoms with Gasteiger partial charge in [-0.25, -0.2) is 0 Å². The highest BCUT2D eigenvalue weighted by Crippen LogP contribution is 2.25. The van der Waals surface area contributed by atoms with E-state index < -0.39 is 29.4 Å². The molecule has 1 aliphatic rings. The molecule has 0 aromatic rings. The molecule has 2 atom stereocenters. The molecule has 47 heavy (non-hydrogen) atoms. The topological polar surface area (TPSA) is 122 Å². The van der Waals surface area contributed by atoms with Crippen LogP contribution in [-0.4, -0.2) is 84.9 Å². The Morgan fingerprint density at radius 2 is 1.32 bits per heavy atom.